The topological polar surface area (TPSA) is 80.3 Å². The summed E-state index contributed by atoms with van der Waals surface area (Å²) in [5.74, 6) is -0.164. The van der Waals surface area contributed by atoms with Crippen molar-refractivity contribution < 1.29 is 14.3 Å². The molecule has 0 atom stereocenters. The van der Waals surface area contributed by atoms with Crippen LogP contribution in [0.2, 0.25) is 5.02 Å². The first kappa shape index (κ1) is 19.4. The van der Waals surface area contributed by atoms with Crippen molar-refractivity contribution in [1.29, 1.82) is 0 Å². The van der Waals surface area contributed by atoms with Crippen LogP contribution in [0.1, 0.15) is 26.4 Å². The number of aryl methyl sites for hydroxylation is 1. The van der Waals surface area contributed by atoms with Gasteiger partial charge in [-0.25, -0.2) is 0 Å². The fourth-order valence-electron chi connectivity index (χ4n) is 2.47. The first-order chi connectivity index (χ1) is 13.5. The van der Waals surface area contributed by atoms with E-state index in [9.17, 15) is 9.59 Å². The van der Waals surface area contributed by atoms with Gasteiger partial charge in [-0.15, -0.1) is 0 Å². The quantitative estimate of drug-likeness (QED) is 0.663. The number of pyridine rings is 1. The summed E-state index contributed by atoms with van der Waals surface area (Å²) in [5.41, 5.74) is 2.48. The average molecular weight is 396 g/mol. The maximum Gasteiger partial charge on any atom is 0.274 e. The number of rotatable bonds is 5. The highest BCUT2D eigenvalue weighted by molar-refractivity contribution is 6.31. The number of nitrogens with one attached hydrogen (secondary N) is 2. The molecule has 0 saturated heterocycles. The molecule has 2 aromatic carbocycles. The number of nitrogens with zero attached hydrogens (tertiary/aromatic N) is 1. The molecule has 0 aliphatic rings. The Kier molecular flexibility index (Phi) is 5.91. The van der Waals surface area contributed by atoms with E-state index in [0.717, 1.165) is 5.56 Å². The monoisotopic (exact) mass is 395 g/mol. The van der Waals surface area contributed by atoms with E-state index < -0.39 is 5.91 Å². The molecule has 1 heterocycles. The Morgan fingerprint density at radius 2 is 1.71 bits per heavy atom. The van der Waals surface area contributed by atoms with E-state index in [-0.39, 0.29) is 11.6 Å². The Hall–Kier alpha value is -3.38. The van der Waals surface area contributed by atoms with Crippen molar-refractivity contribution in [2.45, 2.75) is 6.92 Å². The number of carbonyl (C=O) groups excluding carboxylic acids is 2. The third-order valence-corrected chi connectivity index (χ3v) is 4.42. The molecule has 0 spiro atoms. The highest BCUT2D eigenvalue weighted by Crippen LogP contribution is 2.21. The van der Waals surface area contributed by atoms with E-state index in [2.05, 4.69) is 15.6 Å². The molecule has 3 rings (SSSR count). The number of carbonyl (C=O) groups is 2. The summed E-state index contributed by atoms with van der Waals surface area (Å²) in [6.45, 7) is 1.87. The van der Waals surface area contributed by atoms with E-state index in [1.807, 2.05) is 13.0 Å². The maximum atomic E-state index is 12.5. The highest BCUT2D eigenvalue weighted by Gasteiger charge is 2.13. The number of methoxy groups -OCH3 is 1. The molecule has 0 unspecified atom stereocenters. The normalized spacial score (nSPS) is 10.2. The standard InChI is InChI=1S/C21H18ClN3O3/c1-13-6-7-16(12-18(13)22)25-21(27)19-10-14(8-9-23-19)20(26)24-15-4-3-5-17(11-15)28-2/h3-12H,1-2H3,(H,24,26)(H,25,27). The van der Waals surface area contributed by atoms with Crippen LogP contribution in [0.15, 0.2) is 60.8 Å². The zero-order valence-electron chi connectivity index (χ0n) is 15.3. The van der Waals surface area contributed by atoms with Crippen molar-refractivity contribution >= 4 is 34.8 Å². The number of amides is 2. The second kappa shape index (κ2) is 8.54. The van der Waals surface area contributed by atoms with Crippen molar-refractivity contribution in [1.82, 2.24) is 4.98 Å². The van der Waals surface area contributed by atoms with Gasteiger partial charge in [0.25, 0.3) is 11.8 Å². The van der Waals surface area contributed by atoms with E-state index in [1.165, 1.54) is 18.3 Å². The smallest absolute Gasteiger partial charge is 0.274 e. The molecule has 2 amide bonds. The summed E-state index contributed by atoms with van der Waals surface area (Å²) < 4.78 is 5.14. The van der Waals surface area contributed by atoms with Gasteiger partial charge in [-0.3, -0.25) is 14.6 Å². The lowest BCUT2D eigenvalue weighted by Gasteiger charge is -2.09. The highest BCUT2D eigenvalue weighted by atomic mass is 35.5. The van der Waals surface area contributed by atoms with Crippen LogP contribution in [0.3, 0.4) is 0 Å². The molecule has 7 heteroatoms. The Morgan fingerprint density at radius 1 is 0.964 bits per heavy atom. The third kappa shape index (κ3) is 4.66. The molecule has 3 aromatic rings. The molecule has 0 aliphatic heterocycles. The molecule has 0 aliphatic carbocycles. The maximum absolute atomic E-state index is 12.5. The number of anilines is 2. The van der Waals surface area contributed by atoms with Crippen LogP contribution < -0.4 is 15.4 Å². The van der Waals surface area contributed by atoms with Gasteiger partial charge in [0.2, 0.25) is 0 Å². The van der Waals surface area contributed by atoms with Crippen LogP contribution in [0, 0.1) is 6.92 Å². The molecule has 142 valence electrons. The van der Waals surface area contributed by atoms with E-state index in [0.29, 0.717) is 27.7 Å². The zero-order chi connectivity index (χ0) is 20.1. The predicted octanol–water partition coefficient (Wildman–Crippen LogP) is 4.56. The summed E-state index contributed by atoms with van der Waals surface area (Å²) in [6, 6.07) is 15.2. The molecular weight excluding hydrogens is 378 g/mol. The van der Waals surface area contributed by atoms with Gasteiger partial charge >= 0.3 is 0 Å². The first-order valence-electron chi connectivity index (χ1n) is 8.45. The van der Waals surface area contributed by atoms with Crippen molar-refractivity contribution in [2.24, 2.45) is 0 Å². The Bertz CT molecular complexity index is 1040. The SMILES string of the molecule is COc1cccc(NC(=O)c2ccnc(C(=O)Nc3ccc(C)c(Cl)c3)c2)c1. The second-order valence-electron chi connectivity index (χ2n) is 6.03. The number of ether oxygens (including phenoxy) is 1. The minimum Gasteiger partial charge on any atom is -0.497 e. The van der Waals surface area contributed by atoms with Gasteiger partial charge in [0.15, 0.2) is 0 Å². The van der Waals surface area contributed by atoms with Crippen LogP contribution in [-0.2, 0) is 0 Å². The predicted molar refractivity (Wildman–Crippen MR) is 109 cm³/mol. The molecule has 0 radical (unpaired) electrons. The average Bonchev–Trinajstić information content (AvgIpc) is 2.71. The van der Waals surface area contributed by atoms with Crippen LogP contribution >= 0.6 is 11.6 Å². The number of hydrogen-bond acceptors (Lipinski definition) is 4. The molecule has 1 aromatic heterocycles. The van der Waals surface area contributed by atoms with Crippen LogP contribution in [0.5, 0.6) is 5.75 Å². The van der Waals surface area contributed by atoms with Crippen molar-refractivity contribution in [3.05, 3.63) is 82.6 Å². The summed E-state index contributed by atoms with van der Waals surface area (Å²) in [6.07, 6.45) is 1.41. The lowest BCUT2D eigenvalue weighted by molar-refractivity contribution is 0.102. The minimum absolute atomic E-state index is 0.120. The first-order valence-corrected chi connectivity index (χ1v) is 8.83. The van der Waals surface area contributed by atoms with Gasteiger partial charge in [-0.1, -0.05) is 23.7 Å². The second-order valence-corrected chi connectivity index (χ2v) is 6.44. The number of benzene rings is 2. The minimum atomic E-state index is -0.434. The Morgan fingerprint density at radius 3 is 2.46 bits per heavy atom. The molecular formula is C21H18ClN3O3. The molecule has 0 saturated carbocycles. The van der Waals surface area contributed by atoms with Gasteiger partial charge in [0, 0.05) is 34.2 Å². The van der Waals surface area contributed by atoms with Crippen molar-refractivity contribution in [3.63, 3.8) is 0 Å². The fraction of sp³-hybridized carbons (Fsp3) is 0.0952. The van der Waals surface area contributed by atoms with Gasteiger partial charge in [0.05, 0.1) is 7.11 Å². The molecule has 2 N–H and O–H groups in total. The molecule has 6 nitrogen and oxygen atoms in total. The van der Waals surface area contributed by atoms with Gasteiger partial charge in [-0.2, -0.15) is 0 Å². The van der Waals surface area contributed by atoms with Crippen LogP contribution in [-0.4, -0.2) is 23.9 Å². The van der Waals surface area contributed by atoms with Gasteiger partial charge in [0.1, 0.15) is 11.4 Å². The largest absolute Gasteiger partial charge is 0.497 e. The Balaban J connectivity index is 1.74. The summed E-state index contributed by atoms with van der Waals surface area (Å²) >= 11 is 6.08. The summed E-state index contributed by atoms with van der Waals surface area (Å²) in [7, 11) is 1.55. The number of hydrogen-bond donors (Lipinski definition) is 2. The van der Waals surface area contributed by atoms with Gasteiger partial charge < -0.3 is 15.4 Å². The lowest BCUT2D eigenvalue weighted by atomic mass is 10.2. The number of aromatic nitrogens is 1. The lowest BCUT2D eigenvalue weighted by Crippen LogP contribution is -2.17. The van der Waals surface area contributed by atoms with Crippen LogP contribution in [0.25, 0.3) is 0 Å². The summed E-state index contributed by atoms with van der Waals surface area (Å²) in [5, 5.41) is 6.04. The summed E-state index contributed by atoms with van der Waals surface area (Å²) in [4.78, 5) is 29.0. The fourth-order valence-corrected chi connectivity index (χ4v) is 2.65. The molecule has 0 bridgehead atoms. The van der Waals surface area contributed by atoms with Crippen molar-refractivity contribution in [2.75, 3.05) is 17.7 Å². The van der Waals surface area contributed by atoms with Crippen molar-refractivity contribution in [3.8, 4) is 5.75 Å². The third-order valence-electron chi connectivity index (χ3n) is 4.01. The van der Waals surface area contributed by atoms with Crippen LogP contribution in [0.4, 0.5) is 11.4 Å². The zero-order valence-corrected chi connectivity index (χ0v) is 16.1. The van der Waals surface area contributed by atoms with Gasteiger partial charge in [-0.05, 0) is 48.9 Å². The molecule has 28 heavy (non-hydrogen) atoms. The number of halogens is 1. The molecule has 0 fully saturated rings. The van der Waals surface area contributed by atoms with E-state index >= 15 is 0 Å². The Labute approximate surface area is 167 Å². The van der Waals surface area contributed by atoms with E-state index in [1.54, 1.807) is 43.5 Å². The van der Waals surface area contributed by atoms with E-state index in [4.69, 9.17) is 16.3 Å².